The van der Waals surface area contributed by atoms with Crippen LogP contribution in [0.5, 0.6) is 0 Å². The Kier molecular flexibility index (Phi) is 3.26. The summed E-state index contributed by atoms with van der Waals surface area (Å²) in [4.78, 5) is 0. The third-order valence-corrected chi connectivity index (χ3v) is 25.1. The van der Waals surface area contributed by atoms with Crippen LogP contribution in [0.3, 0.4) is 0 Å². The highest BCUT2D eigenvalue weighted by molar-refractivity contribution is 7.42. The molecular weight excluding hydrogens is 272 g/mol. The van der Waals surface area contributed by atoms with Crippen LogP contribution in [0, 0.1) is 0 Å². The highest BCUT2D eigenvalue weighted by atomic mass is 29.3. The highest BCUT2D eigenvalue weighted by Crippen LogP contribution is 2.45. The molecule has 20 heavy (non-hydrogen) atoms. The maximum Gasteiger partial charge on any atom is 0.0548 e. The first-order valence-corrected chi connectivity index (χ1v) is 14.7. The summed E-state index contributed by atoms with van der Waals surface area (Å²) in [5.41, 5.74) is 4.45. The summed E-state index contributed by atoms with van der Waals surface area (Å²) in [6.45, 7) is 10.5. The molecule has 1 atom stereocenters. The molecule has 0 fully saturated rings. The molecule has 2 heteroatoms. The average molecular weight is 297 g/mol. The van der Waals surface area contributed by atoms with Crippen molar-refractivity contribution in [1.29, 1.82) is 0 Å². The number of benzene rings is 1. The first-order valence-electron chi connectivity index (χ1n) is 7.57. The molecule has 2 aliphatic carbocycles. The van der Waals surface area contributed by atoms with Gasteiger partial charge in [0.25, 0.3) is 0 Å². The Bertz CT molecular complexity index is 594. The van der Waals surface area contributed by atoms with E-state index in [1.165, 1.54) is 5.56 Å². The lowest BCUT2D eigenvalue weighted by Gasteiger charge is -2.45. The summed E-state index contributed by atoms with van der Waals surface area (Å²) < 4.78 is 0. The molecule has 0 nitrogen and oxygen atoms in total. The molecule has 0 spiro atoms. The average Bonchev–Trinajstić information content (AvgIpc) is 3.08. The Morgan fingerprint density at radius 1 is 0.800 bits per heavy atom. The van der Waals surface area contributed by atoms with Crippen LogP contribution in [-0.4, -0.2) is 15.2 Å². The van der Waals surface area contributed by atoms with Crippen molar-refractivity contribution >= 4 is 21.3 Å². The van der Waals surface area contributed by atoms with E-state index in [4.69, 9.17) is 0 Å². The zero-order valence-corrected chi connectivity index (χ0v) is 14.9. The molecule has 0 radical (unpaired) electrons. The minimum absolute atomic E-state index is 0.697. The van der Waals surface area contributed by atoms with E-state index in [-0.39, 0.29) is 0 Å². The van der Waals surface area contributed by atoms with E-state index in [2.05, 4.69) is 86.9 Å². The second kappa shape index (κ2) is 4.71. The molecule has 1 unspecified atom stereocenters. The van der Waals surface area contributed by atoms with Gasteiger partial charge in [-0.15, -0.1) is 0 Å². The number of allylic oxidation sites excluding steroid dienone is 5. The summed E-state index contributed by atoms with van der Waals surface area (Å²) in [6.07, 6.45) is 14.2. The molecule has 0 heterocycles. The van der Waals surface area contributed by atoms with Crippen molar-refractivity contribution in [3.63, 3.8) is 0 Å². The zero-order chi connectivity index (χ0) is 14.4. The van der Waals surface area contributed by atoms with Gasteiger partial charge in [0.05, 0.1) is 15.2 Å². The predicted molar refractivity (Wildman–Crippen MR) is 95.2 cm³/mol. The Balaban J connectivity index is 1.99. The molecule has 0 amide bonds. The van der Waals surface area contributed by atoms with Gasteiger partial charge in [-0.2, -0.15) is 0 Å². The highest BCUT2D eigenvalue weighted by Gasteiger charge is 2.50. The largest absolute Gasteiger partial charge is 0.0806 e. The fraction of sp³-hybridized carbons (Fsp3) is 0.333. The molecule has 1 aromatic rings. The maximum absolute atomic E-state index is 2.62. The third kappa shape index (κ3) is 1.94. The zero-order valence-electron chi connectivity index (χ0n) is 12.9. The second-order valence-electron chi connectivity index (χ2n) is 7.20. The van der Waals surface area contributed by atoms with Crippen molar-refractivity contribution in [1.82, 2.24) is 0 Å². The van der Waals surface area contributed by atoms with E-state index in [0.717, 1.165) is 5.54 Å². The predicted octanol–water partition coefficient (Wildman–Crippen LogP) is 5.33. The van der Waals surface area contributed by atoms with Crippen LogP contribution in [0.25, 0.3) is 6.08 Å². The molecule has 3 rings (SSSR count). The van der Waals surface area contributed by atoms with Gasteiger partial charge < -0.3 is 0 Å². The van der Waals surface area contributed by atoms with E-state index >= 15 is 0 Å². The SMILES string of the molecule is C[Si](C)(C1C=CC=C1)[Si](C)(C)C1C=Cc2ccccc21. The van der Waals surface area contributed by atoms with Gasteiger partial charge in [0.15, 0.2) is 0 Å². The Hall–Kier alpha value is -1.13. The van der Waals surface area contributed by atoms with Gasteiger partial charge in [0.2, 0.25) is 0 Å². The van der Waals surface area contributed by atoms with Crippen LogP contribution in [-0.2, 0) is 0 Å². The molecule has 1 aromatic carbocycles. The second-order valence-corrected chi connectivity index (χ2v) is 23.1. The first kappa shape index (κ1) is 13.8. The molecule has 0 aliphatic heterocycles. The van der Waals surface area contributed by atoms with E-state index in [1.807, 2.05) is 0 Å². The van der Waals surface area contributed by atoms with Crippen molar-refractivity contribution in [3.05, 3.63) is 65.8 Å². The standard InChI is InChI=1S/C18H24Si2/c1-19(2,16-10-6-7-11-16)20(3,4)18-14-13-15-9-5-8-12-17(15)18/h5-14,16,18H,1-4H3. The van der Waals surface area contributed by atoms with Gasteiger partial charge >= 0.3 is 0 Å². The van der Waals surface area contributed by atoms with E-state index in [0.29, 0.717) is 5.54 Å². The summed E-state index contributed by atoms with van der Waals surface area (Å²) in [7, 11) is -2.68. The Labute approximate surface area is 124 Å². The van der Waals surface area contributed by atoms with Crippen molar-refractivity contribution in [3.8, 4) is 0 Å². The number of rotatable bonds is 3. The monoisotopic (exact) mass is 296 g/mol. The Morgan fingerprint density at radius 2 is 1.45 bits per heavy atom. The minimum atomic E-state index is -1.36. The van der Waals surface area contributed by atoms with Crippen LogP contribution >= 0.6 is 0 Å². The number of hydrogen-bond donors (Lipinski definition) is 0. The topological polar surface area (TPSA) is 0 Å². The quantitative estimate of drug-likeness (QED) is 0.662. The van der Waals surface area contributed by atoms with Crippen LogP contribution < -0.4 is 0 Å². The third-order valence-electron chi connectivity index (χ3n) is 5.82. The lowest BCUT2D eigenvalue weighted by atomic mass is 10.1. The summed E-state index contributed by atoms with van der Waals surface area (Å²) in [5.74, 6) is 0. The molecule has 0 bridgehead atoms. The molecule has 0 aromatic heterocycles. The molecule has 2 aliphatic rings. The molecular formula is C18H24Si2. The lowest BCUT2D eigenvalue weighted by molar-refractivity contribution is 1.17. The van der Waals surface area contributed by atoms with E-state index in [1.54, 1.807) is 5.56 Å². The summed E-state index contributed by atoms with van der Waals surface area (Å²) in [6, 6.07) is 8.97. The smallest absolute Gasteiger partial charge is 0.0548 e. The lowest BCUT2D eigenvalue weighted by Crippen LogP contribution is -2.60. The van der Waals surface area contributed by atoms with Gasteiger partial charge in [-0.05, 0) is 22.2 Å². The van der Waals surface area contributed by atoms with Crippen LogP contribution in [0.4, 0.5) is 0 Å². The van der Waals surface area contributed by atoms with Crippen LogP contribution in [0.15, 0.2) is 54.6 Å². The number of fused-ring (bicyclic) bond motifs is 1. The van der Waals surface area contributed by atoms with Crippen molar-refractivity contribution in [2.75, 3.05) is 0 Å². The van der Waals surface area contributed by atoms with E-state index in [9.17, 15) is 0 Å². The van der Waals surface area contributed by atoms with Crippen LogP contribution in [0.2, 0.25) is 31.7 Å². The van der Waals surface area contributed by atoms with Crippen molar-refractivity contribution in [2.24, 2.45) is 0 Å². The van der Waals surface area contributed by atoms with Gasteiger partial charge in [0.1, 0.15) is 0 Å². The van der Waals surface area contributed by atoms with Gasteiger partial charge in [-0.3, -0.25) is 0 Å². The molecule has 0 saturated heterocycles. The fourth-order valence-corrected chi connectivity index (χ4v) is 14.4. The maximum atomic E-state index is 2.62. The van der Waals surface area contributed by atoms with Crippen LogP contribution in [0.1, 0.15) is 16.7 Å². The van der Waals surface area contributed by atoms with Crippen molar-refractivity contribution < 1.29 is 0 Å². The number of hydrogen-bond acceptors (Lipinski definition) is 0. The normalized spacial score (nSPS) is 21.7. The molecule has 104 valence electrons. The summed E-state index contributed by atoms with van der Waals surface area (Å²) >= 11 is 0. The van der Waals surface area contributed by atoms with Gasteiger partial charge in [-0.25, -0.2) is 0 Å². The Morgan fingerprint density at radius 3 is 2.15 bits per heavy atom. The molecule has 0 N–H and O–H groups in total. The summed E-state index contributed by atoms with van der Waals surface area (Å²) in [5, 5.41) is 0. The van der Waals surface area contributed by atoms with Gasteiger partial charge in [0, 0.05) is 0 Å². The molecule has 0 saturated carbocycles. The van der Waals surface area contributed by atoms with E-state index < -0.39 is 15.2 Å². The van der Waals surface area contributed by atoms with Crippen molar-refractivity contribution in [2.45, 2.75) is 37.3 Å². The van der Waals surface area contributed by atoms with Gasteiger partial charge in [-0.1, -0.05) is 86.9 Å². The first-order chi connectivity index (χ1) is 9.44. The fourth-order valence-electron chi connectivity index (χ4n) is 3.62. The minimum Gasteiger partial charge on any atom is -0.0806 e.